The van der Waals surface area contributed by atoms with Gasteiger partial charge in [0, 0.05) is 11.4 Å². The van der Waals surface area contributed by atoms with Crippen molar-refractivity contribution in [3.63, 3.8) is 0 Å². The molecule has 0 N–H and O–H groups in total. The summed E-state index contributed by atoms with van der Waals surface area (Å²) in [5, 5.41) is 2.01. The molecule has 1 heterocycles. The van der Waals surface area contributed by atoms with E-state index in [9.17, 15) is 4.79 Å². The van der Waals surface area contributed by atoms with Crippen LogP contribution in [-0.2, 0) is 11.3 Å². The molecule has 0 spiro atoms. The van der Waals surface area contributed by atoms with Crippen molar-refractivity contribution in [3.8, 4) is 0 Å². The van der Waals surface area contributed by atoms with Crippen molar-refractivity contribution < 1.29 is 9.53 Å². The number of hydrogen-bond donors (Lipinski definition) is 0. The predicted octanol–water partition coefficient (Wildman–Crippen LogP) is 2.73. The summed E-state index contributed by atoms with van der Waals surface area (Å²) in [7, 11) is 0. The molecule has 0 aliphatic heterocycles. The van der Waals surface area contributed by atoms with Gasteiger partial charge in [0.25, 0.3) is 0 Å². The maximum Gasteiger partial charge on any atom is 0.410 e. The summed E-state index contributed by atoms with van der Waals surface area (Å²) in [6.07, 6.45) is -0.233. The van der Waals surface area contributed by atoms with Crippen LogP contribution in [-0.4, -0.2) is 24.1 Å². The Bertz CT molecular complexity index is 272. The highest BCUT2D eigenvalue weighted by atomic mass is 32.1. The molecule has 0 aliphatic rings. The van der Waals surface area contributed by atoms with E-state index in [2.05, 4.69) is 0 Å². The SMILES string of the molecule is CCOC(=O)N(CC)Cc1cccs1. The minimum Gasteiger partial charge on any atom is -0.450 e. The number of hydrogen-bond acceptors (Lipinski definition) is 3. The predicted molar refractivity (Wildman–Crippen MR) is 57.4 cm³/mol. The number of ether oxygens (including phenoxy) is 1. The fourth-order valence-electron chi connectivity index (χ4n) is 1.11. The zero-order valence-electron chi connectivity index (χ0n) is 8.53. The Labute approximate surface area is 88.3 Å². The van der Waals surface area contributed by atoms with Gasteiger partial charge in [-0.25, -0.2) is 4.79 Å². The third-order valence-electron chi connectivity index (χ3n) is 1.83. The number of carbonyl (C=O) groups excluding carboxylic acids is 1. The van der Waals surface area contributed by atoms with E-state index < -0.39 is 0 Å². The van der Waals surface area contributed by atoms with Gasteiger partial charge in [-0.1, -0.05) is 6.07 Å². The molecule has 4 heteroatoms. The van der Waals surface area contributed by atoms with E-state index in [0.717, 1.165) is 0 Å². The Morgan fingerprint density at radius 1 is 1.57 bits per heavy atom. The minimum atomic E-state index is -0.233. The van der Waals surface area contributed by atoms with E-state index in [4.69, 9.17) is 4.74 Å². The lowest BCUT2D eigenvalue weighted by atomic mass is 10.4. The van der Waals surface area contributed by atoms with Crippen LogP contribution in [0.5, 0.6) is 0 Å². The van der Waals surface area contributed by atoms with Crippen LogP contribution in [0, 0.1) is 0 Å². The standard InChI is InChI=1S/C10H15NO2S/c1-3-11(10(12)13-4-2)8-9-6-5-7-14-9/h5-7H,3-4,8H2,1-2H3. The molecule has 1 aromatic rings. The smallest absolute Gasteiger partial charge is 0.410 e. The molecule has 0 aromatic carbocycles. The van der Waals surface area contributed by atoms with E-state index >= 15 is 0 Å². The van der Waals surface area contributed by atoms with Gasteiger partial charge in [-0.3, -0.25) is 0 Å². The number of carbonyl (C=O) groups is 1. The molecule has 0 fully saturated rings. The lowest BCUT2D eigenvalue weighted by molar-refractivity contribution is 0.107. The first-order chi connectivity index (χ1) is 6.77. The van der Waals surface area contributed by atoms with Crippen LogP contribution in [0.2, 0.25) is 0 Å². The molecule has 14 heavy (non-hydrogen) atoms. The van der Waals surface area contributed by atoms with Crippen molar-refractivity contribution in [2.45, 2.75) is 20.4 Å². The van der Waals surface area contributed by atoms with Gasteiger partial charge >= 0.3 is 6.09 Å². The lowest BCUT2D eigenvalue weighted by Crippen LogP contribution is -2.30. The van der Waals surface area contributed by atoms with Gasteiger partial charge in [-0.15, -0.1) is 11.3 Å². The first-order valence-electron chi connectivity index (χ1n) is 4.72. The highest BCUT2D eigenvalue weighted by molar-refractivity contribution is 7.09. The molecular weight excluding hydrogens is 198 g/mol. The fourth-order valence-corrected chi connectivity index (χ4v) is 1.83. The average molecular weight is 213 g/mol. The quantitative estimate of drug-likeness (QED) is 0.769. The van der Waals surface area contributed by atoms with Gasteiger partial charge in [-0.2, -0.15) is 0 Å². The first-order valence-corrected chi connectivity index (χ1v) is 5.60. The molecule has 0 atom stereocenters. The van der Waals surface area contributed by atoms with Crippen LogP contribution < -0.4 is 0 Å². The van der Waals surface area contributed by atoms with Gasteiger partial charge < -0.3 is 9.64 Å². The minimum absolute atomic E-state index is 0.233. The summed E-state index contributed by atoms with van der Waals surface area (Å²) in [5.41, 5.74) is 0. The molecule has 78 valence electrons. The van der Waals surface area contributed by atoms with Gasteiger partial charge in [0.2, 0.25) is 0 Å². The van der Waals surface area contributed by atoms with Gasteiger partial charge in [0.1, 0.15) is 0 Å². The molecule has 0 aliphatic carbocycles. The topological polar surface area (TPSA) is 29.5 Å². The Morgan fingerprint density at radius 3 is 2.86 bits per heavy atom. The number of amides is 1. The van der Waals surface area contributed by atoms with Crippen molar-refractivity contribution >= 4 is 17.4 Å². The Balaban J connectivity index is 2.50. The van der Waals surface area contributed by atoms with Crippen molar-refractivity contribution in [2.24, 2.45) is 0 Å². The molecule has 0 saturated heterocycles. The second kappa shape index (κ2) is 5.65. The van der Waals surface area contributed by atoms with Crippen LogP contribution in [0.15, 0.2) is 17.5 Å². The Hall–Kier alpha value is -1.03. The first kappa shape index (κ1) is 11.0. The van der Waals surface area contributed by atoms with Crippen LogP contribution in [0.25, 0.3) is 0 Å². The molecular formula is C10H15NO2S. The molecule has 1 aromatic heterocycles. The second-order valence-corrected chi connectivity index (χ2v) is 3.82. The summed E-state index contributed by atoms with van der Waals surface area (Å²) in [5.74, 6) is 0. The third-order valence-corrected chi connectivity index (χ3v) is 2.70. The average Bonchev–Trinajstić information content (AvgIpc) is 2.66. The second-order valence-electron chi connectivity index (χ2n) is 2.79. The van der Waals surface area contributed by atoms with Crippen molar-refractivity contribution in [1.29, 1.82) is 0 Å². The maximum atomic E-state index is 11.4. The van der Waals surface area contributed by atoms with Gasteiger partial charge in [-0.05, 0) is 25.3 Å². The summed E-state index contributed by atoms with van der Waals surface area (Å²) >= 11 is 1.65. The van der Waals surface area contributed by atoms with Crippen LogP contribution >= 0.6 is 11.3 Å². The zero-order chi connectivity index (χ0) is 10.4. The normalized spacial score (nSPS) is 9.86. The fraction of sp³-hybridized carbons (Fsp3) is 0.500. The van der Waals surface area contributed by atoms with E-state index in [1.165, 1.54) is 4.88 Å². The van der Waals surface area contributed by atoms with E-state index in [-0.39, 0.29) is 6.09 Å². The molecule has 0 bridgehead atoms. The Kier molecular flexibility index (Phi) is 4.46. The zero-order valence-corrected chi connectivity index (χ0v) is 9.34. The highest BCUT2D eigenvalue weighted by Crippen LogP contribution is 2.12. The largest absolute Gasteiger partial charge is 0.450 e. The molecule has 0 saturated carbocycles. The monoisotopic (exact) mass is 213 g/mol. The number of nitrogens with zero attached hydrogens (tertiary/aromatic N) is 1. The van der Waals surface area contributed by atoms with E-state index in [1.807, 2.05) is 31.4 Å². The van der Waals surface area contributed by atoms with Crippen molar-refractivity contribution in [3.05, 3.63) is 22.4 Å². The summed E-state index contributed by atoms with van der Waals surface area (Å²) in [4.78, 5) is 14.3. The van der Waals surface area contributed by atoms with E-state index in [1.54, 1.807) is 16.2 Å². The van der Waals surface area contributed by atoms with E-state index in [0.29, 0.717) is 19.7 Å². The van der Waals surface area contributed by atoms with Crippen LogP contribution in [0.4, 0.5) is 4.79 Å². The molecule has 3 nitrogen and oxygen atoms in total. The third kappa shape index (κ3) is 3.03. The number of thiophene rings is 1. The molecule has 0 radical (unpaired) electrons. The van der Waals surface area contributed by atoms with Crippen LogP contribution in [0.3, 0.4) is 0 Å². The molecule has 1 amide bonds. The summed E-state index contributed by atoms with van der Waals surface area (Å²) in [6.45, 7) is 5.52. The lowest BCUT2D eigenvalue weighted by Gasteiger charge is -2.18. The molecule has 1 rings (SSSR count). The highest BCUT2D eigenvalue weighted by Gasteiger charge is 2.12. The van der Waals surface area contributed by atoms with Crippen LogP contribution in [0.1, 0.15) is 18.7 Å². The van der Waals surface area contributed by atoms with Gasteiger partial charge in [0.15, 0.2) is 0 Å². The summed E-state index contributed by atoms with van der Waals surface area (Å²) in [6, 6.07) is 4.01. The van der Waals surface area contributed by atoms with Crippen molar-refractivity contribution in [2.75, 3.05) is 13.2 Å². The Morgan fingerprint density at radius 2 is 2.36 bits per heavy atom. The molecule has 0 unspecified atom stereocenters. The summed E-state index contributed by atoms with van der Waals surface area (Å²) < 4.78 is 4.94. The number of rotatable bonds is 4. The maximum absolute atomic E-state index is 11.4. The van der Waals surface area contributed by atoms with Crippen molar-refractivity contribution in [1.82, 2.24) is 4.90 Å². The van der Waals surface area contributed by atoms with Gasteiger partial charge in [0.05, 0.1) is 13.2 Å².